The van der Waals surface area contributed by atoms with Crippen molar-refractivity contribution in [1.82, 2.24) is 4.90 Å². The zero-order valence-corrected chi connectivity index (χ0v) is 14.8. The second-order valence-electron chi connectivity index (χ2n) is 5.24. The van der Waals surface area contributed by atoms with Gasteiger partial charge in [-0.3, -0.25) is 9.69 Å². The molecule has 1 amide bonds. The third-order valence-electron chi connectivity index (χ3n) is 3.76. The molecule has 4 nitrogen and oxygen atoms in total. The number of carbonyl (C=O) groups excluding carboxylic acids is 1. The van der Waals surface area contributed by atoms with E-state index in [1.807, 2.05) is 36.4 Å². The fourth-order valence-corrected chi connectivity index (χ4v) is 3.04. The normalized spacial score (nSPS) is 16.2. The summed E-state index contributed by atoms with van der Waals surface area (Å²) < 4.78 is 5.15. The minimum Gasteiger partial charge on any atom is -0.495 e. The van der Waals surface area contributed by atoms with Gasteiger partial charge >= 0.3 is 0 Å². The smallest absolute Gasteiger partial charge is 0.281 e. The zero-order chi connectivity index (χ0) is 17.3. The van der Waals surface area contributed by atoms with Gasteiger partial charge in [0.05, 0.1) is 17.8 Å². The second kappa shape index (κ2) is 6.63. The molecular formula is C18H15ClN2O2S. The Kier molecular flexibility index (Phi) is 4.55. The molecular weight excluding hydrogens is 344 g/mol. The molecule has 0 unspecified atom stereocenters. The SMILES string of the molecule is COc1ccc(C=C2C(=O)N(c3ccccc3)C(=S)N2C)cc1Cl. The van der Waals surface area contributed by atoms with Gasteiger partial charge in [-0.2, -0.15) is 0 Å². The molecule has 3 rings (SSSR count). The molecule has 0 radical (unpaired) electrons. The minimum absolute atomic E-state index is 0.166. The monoisotopic (exact) mass is 358 g/mol. The first-order valence-electron chi connectivity index (χ1n) is 7.25. The van der Waals surface area contributed by atoms with Gasteiger partial charge in [0.1, 0.15) is 11.4 Å². The van der Waals surface area contributed by atoms with Crippen LogP contribution in [0.2, 0.25) is 5.02 Å². The average Bonchev–Trinajstić information content (AvgIpc) is 2.79. The summed E-state index contributed by atoms with van der Waals surface area (Å²) in [6, 6.07) is 14.7. The maximum absolute atomic E-state index is 12.8. The summed E-state index contributed by atoms with van der Waals surface area (Å²) in [5.74, 6) is 0.423. The highest BCUT2D eigenvalue weighted by Gasteiger charge is 2.36. The van der Waals surface area contributed by atoms with Crippen LogP contribution in [0.15, 0.2) is 54.2 Å². The summed E-state index contributed by atoms with van der Waals surface area (Å²) in [6.07, 6.45) is 1.77. The van der Waals surface area contributed by atoms with Crippen LogP contribution in [0.25, 0.3) is 6.08 Å². The van der Waals surface area contributed by atoms with Crippen LogP contribution < -0.4 is 9.64 Å². The molecule has 24 heavy (non-hydrogen) atoms. The number of ether oxygens (including phenoxy) is 1. The van der Waals surface area contributed by atoms with E-state index < -0.39 is 0 Å². The number of para-hydroxylation sites is 1. The van der Waals surface area contributed by atoms with Crippen LogP contribution in [0, 0.1) is 0 Å². The van der Waals surface area contributed by atoms with Gasteiger partial charge in [-0.05, 0) is 48.1 Å². The fourth-order valence-electron chi connectivity index (χ4n) is 2.49. The van der Waals surface area contributed by atoms with Gasteiger partial charge < -0.3 is 9.64 Å². The summed E-state index contributed by atoms with van der Waals surface area (Å²) >= 11 is 11.6. The van der Waals surface area contributed by atoms with E-state index in [1.165, 1.54) is 4.90 Å². The molecule has 0 bridgehead atoms. The molecule has 2 aromatic carbocycles. The standard InChI is InChI=1S/C18H15ClN2O2S/c1-20-15(11-12-8-9-16(23-2)14(19)10-12)17(22)21(18(20)24)13-6-4-3-5-7-13/h3-11H,1-2H3. The third-order valence-corrected chi connectivity index (χ3v) is 4.51. The first kappa shape index (κ1) is 16.5. The predicted molar refractivity (Wildman–Crippen MR) is 100 cm³/mol. The van der Waals surface area contributed by atoms with E-state index >= 15 is 0 Å². The first-order chi connectivity index (χ1) is 11.5. The van der Waals surface area contributed by atoms with Crippen LogP contribution in [-0.4, -0.2) is 30.1 Å². The lowest BCUT2D eigenvalue weighted by Crippen LogP contribution is -2.30. The van der Waals surface area contributed by atoms with Crippen molar-refractivity contribution >= 4 is 46.6 Å². The summed E-state index contributed by atoms with van der Waals surface area (Å²) in [5.41, 5.74) is 2.04. The van der Waals surface area contributed by atoms with Gasteiger partial charge in [0, 0.05) is 7.05 Å². The molecule has 1 aliphatic rings. The van der Waals surface area contributed by atoms with Crippen molar-refractivity contribution in [2.45, 2.75) is 0 Å². The molecule has 0 aromatic heterocycles. The number of anilines is 1. The lowest BCUT2D eigenvalue weighted by molar-refractivity contribution is -0.114. The lowest BCUT2D eigenvalue weighted by Gasteiger charge is -2.16. The number of benzene rings is 2. The van der Waals surface area contributed by atoms with Crippen LogP contribution in [0.3, 0.4) is 0 Å². The molecule has 0 saturated carbocycles. The topological polar surface area (TPSA) is 32.8 Å². The van der Waals surface area contributed by atoms with Crippen molar-refractivity contribution < 1.29 is 9.53 Å². The molecule has 1 saturated heterocycles. The zero-order valence-electron chi connectivity index (χ0n) is 13.2. The second-order valence-corrected chi connectivity index (χ2v) is 6.01. The average molecular weight is 359 g/mol. The predicted octanol–water partition coefficient (Wildman–Crippen LogP) is 3.95. The number of carbonyl (C=O) groups is 1. The molecule has 0 aliphatic carbocycles. The number of nitrogens with zero attached hydrogens (tertiary/aromatic N) is 2. The van der Waals surface area contributed by atoms with E-state index in [-0.39, 0.29) is 5.91 Å². The number of hydrogen-bond donors (Lipinski definition) is 0. The molecule has 1 heterocycles. The van der Waals surface area contributed by atoms with Crippen molar-refractivity contribution in [2.75, 3.05) is 19.1 Å². The highest BCUT2D eigenvalue weighted by Crippen LogP contribution is 2.30. The largest absolute Gasteiger partial charge is 0.495 e. The Morgan fingerprint density at radius 1 is 1.17 bits per heavy atom. The van der Waals surface area contributed by atoms with E-state index in [9.17, 15) is 4.79 Å². The van der Waals surface area contributed by atoms with E-state index in [1.54, 1.807) is 37.3 Å². The van der Waals surface area contributed by atoms with Crippen molar-refractivity contribution in [2.24, 2.45) is 0 Å². The number of likely N-dealkylation sites (N-methyl/N-ethyl adjacent to an activating group) is 1. The Morgan fingerprint density at radius 2 is 1.88 bits per heavy atom. The maximum atomic E-state index is 12.8. The summed E-state index contributed by atoms with van der Waals surface area (Å²) in [5, 5.41) is 0.930. The van der Waals surface area contributed by atoms with Crippen LogP contribution >= 0.6 is 23.8 Å². The molecule has 122 valence electrons. The molecule has 0 N–H and O–H groups in total. The molecule has 1 fully saturated rings. The van der Waals surface area contributed by atoms with E-state index in [2.05, 4.69) is 0 Å². The summed E-state index contributed by atoms with van der Waals surface area (Å²) in [4.78, 5) is 16.0. The van der Waals surface area contributed by atoms with Crippen molar-refractivity contribution in [1.29, 1.82) is 0 Å². The lowest BCUT2D eigenvalue weighted by atomic mass is 10.1. The van der Waals surface area contributed by atoms with Crippen molar-refractivity contribution in [3.05, 3.63) is 64.8 Å². The highest BCUT2D eigenvalue weighted by atomic mass is 35.5. The van der Waals surface area contributed by atoms with Gasteiger partial charge in [0.2, 0.25) is 0 Å². The molecule has 6 heteroatoms. The van der Waals surface area contributed by atoms with Crippen molar-refractivity contribution in [3.8, 4) is 5.75 Å². The van der Waals surface area contributed by atoms with E-state index in [0.717, 1.165) is 11.3 Å². The Bertz CT molecular complexity index is 836. The van der Waals surface area contributed by atoms with Gasteiger partial charge in [-0.1, -0.05) is 35.9 Å². The number of methoxy groups -OCH3 is 1. The highest BCUT2D eigenvalue weighted by molar-refractivity contribution is 7.80. The summed E-state index contributed by atoms with van der Waals surface area (Å²) in [6.45, 7) is 0. The Balaban J connectivity index is 1.98. The van der Waals surface area contributed by atoms with Crippen LogP contribution in [0.5, 0.6) is 5.75 Å². The van der Waals surface area contributed by atoms with Gasteiger partial charge in [-0.15, -0.1) is 0 Å². The van der Waals surface area contributed by atoms with E-state index in [4.69, 9.17) is 28.6 Å². The molecule has 0 atom stereocenters. The number of hydrogen-bond acceptors (Lipinski definition) is 3. The molecule has 0 spiro atoms. The maximum Gasteiger partial charge on any atom is 0.281 e. The summed E-state index contributed by atoms with van der Waals surface area (Å²) in [7, 11) is 3.34. The van der Waals surface area contributed by atoms with Crippen LogP contribution in [-0.2, 0) is 4.79 Å². The molecule has 2 aromatic rings. The number of thiocarbonyl (C=S) groups is 1. The first-order valence-corrected chi connectivity index (χ1v) is 8.04. The Labute approximate surface area is 150 Å². The third kappa shape index (κ3) is 2.88. The van der Waals surface area contributed by atoms with Gasteiger partial charge in [-0.25, -0.2) is 0 Å². The van der Waals surface area contributed by atoms with Crippen molar-refractivity contribution in [3.63, 3.8) is 0 Å². The number of rotatable bonds is 3. The fraction of sp³-hybridized carbons (Fsp3) is 0.111. The number of halogens is 1. The van der Waals surface area contributed by atoms with Gasteiger partial charge in [0.15, 0.2) is 5.11 Å². The quantitative estimate of drug-likeness (QED) is 0.614. The Hall–Kier alpha value is -2.37. The van der Waals surface area contributed by atoms with E-state index in [0.29, 0.717) is 21.6 Å². The number of amides is 1. The molecule has 1 aliphatic heterocycles. The van der Waals surface area contributed by atoms with Gasteiger partial charge in [0.25, 0.3) is 5.91 Å². The van der Waals surface area contributed by atoms with Crippen LogP contribution in [0.4, 0.5) is 5.69 Å². The minimum atomic E-state index is -0.166. The Morgan fingerprint density at radius 3 is 2.50 bits per heavy atom. The van der Waals surface area contributed by atoms with Crippen LogP contribution in [0.1, 0.15) is 5.56 Å².